The summed E-state index contributed by atoms with van der Waals surface area (Å²) in [6.45, 7) is 4.40. The largest absolute Gasteiger partial charge is 0.497 e. The molecule has 2 aromatic heterocycles. The maximum absolute atomic E-state index is 13.6. The lowest BCUT2D eigenvalue weighted by atomic mass is 10.0. The number of piperidine rings is 1. The number of aromatic nitrogens is 1. The molecule has 4 aromatic rings. The summed E-state index contributed by atoms with van der Waals surface area (Å²) in [5.41, 5.74) is 5.15. The summed E-state index contributed by atoms with van der Waals surface area (Å²) in [6.07, 6.45) is 1.71. The van der Waals surface area contributed by atoms with Crippen LogP contribution in [0.2, 0.25) is 0 Å². The van der Waals surface area contributed by atoms with E-state index in [1.807, 2.05) is 52.1 Å². The van der Waals surface area contributed by atoms with E-state index in [1.165, 1.54) is 0 Å². The van der Waals surface area contributed by atoms with Gasteiger partial charge >= 0.3 is 0 Å². The summed E-state index contributed by atoms with van der Waals surface area (Å²) >= 11 is 1.60. The highest BCUT2D eigenvalue weighted by Crippen LogP contribution is 2.29. The number of methoxy groups -OCH3 is 1. The second-order valence-corrected chi connectivity index (χ2v) is 10.5. The lowest BCUT2D eigenvalue weighted by Gasteiger charge is -2.34. The molecule has 1 fully saturated rings. The molecular formula is C30H33N3O3S. The fraction of sp³-hybridized carbons (Fsp3) is 0.333. The molecule has 1 N–H and O–H groups in total. The number of aliphatic hydroxyl groups excluding tert-OH is 1. The van der Waals surface area contributed by atoms with Crippen molar-refractivity contribution < 1.29 is 14.6 Å². The van der Waals surface area contributed by atoms with E-state index < -0.39 is 0 Å². The monoisotopic (exact) mass is 515 g/mol. The molecular weight excluding hydrogens is 482 g/mol. The molecule has 0 radical (unpaired) electrons. The first kappa shape index (κ1) is 25.2. The van der Waals surface area contributed by atoms with Crippen LogP contribution < -0.4 is 9.64 Å². The van der Waals surface area contributed by atoms with Gasteiger partial charge in [0.15, 0.2) is 0 Å². The number of para-hydroxylation sites is 1. The zero-order valence-corrected chi connectivity index (χ0v) is 22.2. The summed E-state index contributed by atoms with van der Waals surface area (Å²) in [6, 6.07) is 18.2. The number of anilines is 1. The first-order valence-electron chi connectivity index (χ1n) is 12.7. The number of carbonyl (C=O) groups is 1. The number of carbonyl (C=O) groups excluding carboxylic acids is 1. The topological polar surface area (TPSA) is 65.9 Å². The van der Waals surface area contributed by atoms with Gasteiger partial charge in [0.2, 0.25) is 5.91 Å². The van der Waals surface area contributed by atoms with Crippen LogP contribution >= 0.6 is 11.3 Å². The van der Waals surface area contributed by atoms with Gasteiger partial charge in [0.05, 0.1) is 25.2 Å². The maximum atomic E-state index is 13.6. The Hall–Kier alpha value is -3.42. The SMILES string of the molecule is COc1ccc(CN(Cc2cc3cccc(C)c3nc2N2CCCC(O)C2)C(=O)Cc2ccsc2)cc1. The smallest absolute Gasteiger partial charge is 0.227 e. The van der Waals surface area contributed by atoms with Crippen LogP contribution in [0.15, 0.2) is 65.4 Å². The highest BCUT2D eigenvalue weighted by atomic mass is 32.1. The number of β-amino-alcohol motifs (C(OH)–C–C–N with tert-alkyl or cyclic N) is 1. The van der Waals surface area contributed by atoms with Crippen LogP contribution in [0, 0.1) is 6.92 Å². The van der Waals surface area contributed by atoms with Gasteiger partial charge in [-0.15, -0.1) is 0 Å². The third-order valence-corrected chi connectivity index (χ3v) is 7.71. The van der Waals surface area contributed by atoms with E-state index in [2.05, 4.69) is 30.0 Å². The Kier molecular flexibility index (Phi) is 7.72. The number of ether oxygens (including phenoxy) is 1. The molecule has 192 valence electrons. The molecule has 3 heterocycles. The lowest BCUT2D eigenvalue weighted by Crippen LogP contribution is -2.40. The van der Waals surface area contributed by atoms with Gasteiger partial charge in [0.1, 0.15) is 11.6 Å². The minimum absolute atomic E-state index is 0.0724. The van der Waals surface area contributed by atoms with Gasteiger partial charge in [-0.3, -0.25) is 4.79 Å². The zero-order chi connectivity index (χ0) is 25.8. The van der Waals surface area contributed by atoms with Crippen LogP contribution in [0.3, 0.4) is 0 Å². The van der Waals surface area contributed by atoms with Crippen molar-refractivity contribution in [2.24, 2.45) is 0 Å². The van der Waals surface area contributed by atoms with Crippen LogP contribution in [-0.2, 0) is 24.3 Å². The van der Waals surface area contributed by atoms with Crippen molar-refractivity contribution in [2.45, 2.75) is 45.4 Å². The number of aryl methyl sites for hydroxylation is 1. The molecule has 1 atom stereocenters. The van der Waals surface area contributed by atoms with E-state index in [-0.39, 0.29) is 12.0 Å². The number of benzene rings is 2. The minimum Gasteiger partial charge on any atom is -0.497 e. The highest BCUT2D eigenvalue weighted by molar-refractivity contribution is 7.08. The Balaban J connectivity index is 1.52. The lowest BCUT2D eigenvalue weighted by molar-refractivity contribution is -0.131. The molecule has 0 bridgehead atoms. The third kappa shape index (κ3) is 5.95. The summed E-state index contributed by atoms with van der Waals surface area (Å²) in [5.74, 6) is 1.73. The van der Waals surface area contributed by atoms with Crippen LogP contribution in [0.5, 0.6) is 5.75 Å². The summed E-state index contributed by atoms with van der Waals surface area (Å²) in [5, 5.41) is 15.5. The third-order valence-electron chi connectivity index (χ3n) is 6.98. The molecule has 1 unspecified atom stereocenters. The van der Waals surface area contributed by atoms with Crippen LogP contribution in [0.4, 0.5) is 5.82 Å². The Labute approximate surface area is 222 Å². The maximum Gasteiger partial charge on any atom is 0.227 e. The van der Waals surface area contributed by atoms with E-state index >= 15 is 0 Å². The van der Waals surface area contributed by atoms with Crippen molar-refractivity contribution in [2.75, 3.05) is 25.1 Å². The van der Waals surface area contributed by atoms with Crippen molar-refractivity contribution >= 4 is 34.0 Å². The fourth-order valence-electron chi connectivity index (χ4n) is 4.99. The molecule has 0 saturated carbocycles. The predicted molar refractivity (Wildman–Crippen MR) is 149 cm³/mol. The molecule has 7 heteroatoms. The Morgan fingerprint density at radius 1 is 1.16 bits per heavy atom. The number of amides is 1. The van der Waals surface area contributed by atoms with Gasteiger partial charge in [-0.1, -0.05) is 30.3 Å². The Morgan fingerprint density at radius 3 is 2.73 bits per heavy atom. The molecule has 0 spiro atoms. The molecule has 1 saturated heterocycles. The van der Waals surface area contributed by atoms with E-state index in [1.54, 1.807) is 18.4 Å². The van der Waals surface area contributed by atoms with Crippen molar-refractivity contribution in [3.05, 3.63) is 87.6 Å². The minimum atomic E-state index is -0.369. The first-order valence-corrected chi connectivity index (χ1v) is 13.7. The predicted octanol–water partition coefficient (Wildman–Crippen LogP) is 5.35. The molecule has 1 amide bonds. The molecule has 1 aliphatic rings. The Bertz CT molecular complexity index is 1350. The van der Waals surface area contributed by atoms with E-state index in [0.717, 1.165) is 64.1 Å². The average Bonchev–Trinajstić information content (AvgIpc) is 3.41. The number of hydrogen-bond acceptors (Lipinski definition) is 6. The fourth-order valence-corrected chi connectivity index (χ4v) is 5.66. The van der Waals surface area contributed by atoms with Gasteiger partial charge < -0.3 is 19.6 Å². The molecule has 37 heavy (non-hydrogen) atoms. The van der Waals surface area contributed by atoms with Crippen LogP contribution in [0.1, 0.15) is 35.1 Å². The summed E-state index contributed by atoms with van der Waals surface area (Å²) in [4.78, 5) is 22.8. The second-order valence-electron chi connectivity index (χ2n) is 9.77. The van der Waals surface area contributed by atoms with Crippen LogP contribution in [0.25, 0.3) is 10.9 Å². The first-order chi connectivity index (χ1) is 18.0. The standard InChI is InChI=1S/C30H33N3O3S/c1-21-5-3-6-24-16-25(30(31-29(21)24)32-13-4-7-26(34)19-32)18-33(28(35)15-23-12-14-37-20-23)17-22-8-10-27(36-2)11-9-22/h3,5-6,8-12,14,16,20,26,34H,4,7,13,15,17-19H2,1-2H3. The normalized spacial score (nSPS) is 15.6. The summed E-state index contributed by atoms with van der Waals surface area (Å²) < 4.78 is 5.32. The average molecular weight is 516 g/mol. The number of nitrogens with zero attached hydrogens (tertiary/aromatic N) is 3. The van der Waals surface area contributed by atoms with Gasteiger partial charge in [-0.25, -0.2) is 4.98 Å². The van der Waals surface area contributed by atoms with E-state index in [4.69, 9.17) is 9.72 Å². The number of aliphatic hydroxyl groups is 1. The van der Waals surface area contributed by atoms with Crippen molar-refractivity contribution in [3.8, 4) is 5.75 Å². The van der Waals surface area contributed by atoms with E-state index in [0.29, 0.717) is 26.1 Å². The quantitative estimate of drug-likeness (QED) is 0.343. The highest BCUT2D eigenvalue weighted by Gasteiger charge is 2.24. The molecule has 0 aliphatic carbocycles. The Morgan fingerprint density at radius 2 is 2.00 bits per heavy atom. The zero-order valence-electron chi connectivity index (χ0n) is 21.4. The number of thiophene rings is 1. The number of rotatable bonds is 8. The van der Waals surface area contributed by atoms with Gasteiger partial charge in [-0.05, 0) is 71.5 Å². The molecule has 5 rings (SSSR count). The summed E-state index contributed by atoms with van der Waals surface area (Å²) in [7, 11) is 1.65. The van der Waals surface area contributed by atoms with Crippen LogP contribution in [-0.4, -0.2) is 47.2 Å². The van der Waals surface area contributed by atoms with Crippen molar-refractivity contribution in [3.63, 3.8) is 0 Å². The van der Waals surface area contributed by atoms with Gasteiger partial charge in [-0.2, -0.15) is 11.3 Å². The number of fused-ring (bicyclic) bond motifs is 1. The van der Waals surface area contributed by atoms with Gasteiger partial charge in [0.25, 0.3) is 0 Å². The molecule has 2 aromatic carbocycles. The van der Waals surface area contributed by atoms with Crippen molar-refractivity contribution in [1.29, 1.82) is 0 Å². The number of pyridine rings is 1. The molecule has 6 nitrogen and oxygen atoms in total. The van der Waals surface area contributed by atoms with Crippen molar-refractivity contribution in [1.82, 2.24) is 9.88 Å². The van der Waals surface area contributed by atoms with E-state index in [9.17, 15) is 9.90 Å². The second kappa shape index (κ2) is 11.3. The van der Waals surface area contributed by atoms with Gasteiger partial charge in [0, 0.05) is 37.1 Å². The molecule has 1 aliphatic heterocycles. The number of hydrogen-bond donors (Lipinski definition) is 1.